The number of hydrogen-bond acceptors (Lipinski definition) is 8. The fourth-order valence-electron chi connectivity index (χ4n) is 2.25. The van der Waals surface area contributed by atoms with Gasteiger partial charge in [0.2, 0.25) is 0 Å². The lowest BCUT2D eigenvalue weighted by atomic mass is 10.1. The van der Waals surface area contributed by atoms with E-state index < -0.39 is 12.5 Å². The second kappa shape index (κ2) is 9.80. The molecule has 0 heterocycles. The highest BCUT2D eigenvalue weighted by Crippen LogP contribution is 2.15. The monoisotopic (exact) mass is 384 g/mol. The van der Waals surface area contributed by atoms with Crippen LogP contribution in [0.2, 0.25) is 0 Å². The van der Waals surface area contributed by atoms with Crippen LogP contribution in [0.1, 0.15) is 44.3 Å². The van der Waals surface area contributed by atoms with Crippen LogP contribution in [-0.4, -0.2) is 34.5 Å². The molecule has 10 heteroatoms. The van der Waals surface area contributed by atoms with Crippen LogP contribution in [0, 0.1) is 0 Å². The zero-order chi connectivity index (χ0) is 20.5. The van der Waals surface area contributed by atoms with Crippen LogP contribution in [-0.2, 0) is 0 Å². The van der Waals surface area contributed by atoms with E-state index in [2.05, 4.69) is 21.1 Å². The molecule has 2 unspecified atom stereocenters. The maximum Gasteiger partial charge on any atom is 0.187 e. The summed E-state index contributed by atoms with van der Waals surface area (Å²) in [6.07, 6.45) is -1.39. The average Bonchev–Trinajstić information content (AvgIpc) is 2.74. The zero-order valence-corrected chi connectivity index (χ0v) is 14.7. The highest BCUT2D eigenvalue weighted by molar-refractivity contribution is 6.39. The van der Waals surface area contributed by atoms with E-state index in [9.17, 15) is 19.8 Å². The Morgan fingerprint density at radius 2 is 1.14 bits per heavy atom. The van der Waals surface area contributed by atoms with Gasteiger partial charge in [-0.1, -0.05) is 48.5 Å². The molecular formula is C18H20N6O4. The van der Waals surface area contributed by atoms with Crippen LogP contribution in [0.15, 0.2) is 58.7 Å². The molecule has 28 heavy (non-hydrogen) atoms. The van der Waals surface area contributed by atoms with Gasteiger partial charge in [-0.25, -0.2) is 0 Å². The first-order chi connectivity index (χ1) is 13.5. The molecule has 10 nitrogen and oxygen atoms in total. The van der Waals surface area contributed by atoms with Crippen LogP contribution >= 0.6 is 0 Å². The van der Waals surface area contributed by atoms with Crippen molar-refractivity contribution in [3.8, 4) is 0 Å². The average molecular weight is 384 g/mol. The molecule has 0 amide bonds. The summed E-state index contributed by atoms with van der Waals surface area (Å²) in [5, 5.41) is 27.6. The van der Waals surface area contributed by atoms with Gasteiger partial charge in [0.05, 0.1) is 0 Å². The Kier molecular flexibility index (Phi) is 7.20. The van der Waals surface area contributed by atoms with Gasteiger partial charge in [-0.05, 0) is 0 Å². The van der Waals surface area contributed by atoms with Crippen molar-refractivity contribution >= 4 is 24.2 Å². The van der Waals surface area contributed by atoms with Gasteiger partial charge in [-0.15, -0.1) is 0 Å². The van der Waals surface area contributed by atoms with Crippen LogP contribution in [0.25, 0.3) is 0 Å². The van der Waals surface area contributed by atoms with Crippen molar-refractivity contribution in [2.75, 3.05) is 0 Å². The predicted molar refractivity (Wildman–Crippen MR) is 103 cm³/mol. The molecule has 0 aliphatic rings. The van der Waals surface area contributed by atoms with Crippen molar-refractivity contribution < 1.29 is 19.8 Å². The number of aliphatic hydroxyl groups excluding tert-OH is 2. The number of hydrogen-bond donors (Lipinski definition) is 6. The molecule has 8 N–H and O–H groups in total. The Hall–Kier alpha value is -3.76. The number of nitrogens with two attached hydrogens (primary N) is 2. The molecule has 0 fully saturated rings. The number of carbonyl (C=O) groups excluding carboxylic acids is 2. The molecule has 2 aromatic carbocycles. The van der Waals surface area contributed by atoms with Gasteiger partial charge < -0.3 is 21.7 Å². The van der Waals surface area contributed by atoms with Crippen molar-refractivity contribution in [1.29, 1.82) is 0 Å². The van der Waals surface area contributed by atoms with Gasteiger partial charge in [-0.3, -0.25) is 20.4 Å². The number of carbonyl (C=O) groups is 2. The fourth-order valence-corrected chi connectivity index (χ4v) is 2.25. The zero-order valence-electron chi connectivity index (χ0n) is 14.7. The molecule has 0 saturated carbocycles. The molecule has 2 rings (SSSR count). The number of aldehydes is 2. The second-order valence-electron chi connectivity index (χ2n) is 5.55. The van der Waals surface area contributed by atoms with E-state index in [-0.39, 0.29) is 22.8 Å². The standard InChI is InChI=1S/C18H20N6O4/c19-15(21-23-17(27)13-7-3-1-5-11(13)9-25)16(20)22-24-18(28)14-8-4-2-6-12(14)10-26/h1-10,17-18,23-24,27-28H,(H2,19,21)(H2,20,22). The Morgan fingerprint density at radius 3 is 1.50 bits per heavy atom. The number of amidine groups is 2. The summed E-state index contributed by atoms with van der Waals surface area (Å²) >= 11 is 0. The first-order valence-electron chi connectivity index (χ1n) is 8.10. The van der Waals surface area contributed by atoms with Crippen LogP contribution in [0.4, 0.5) is 0 Å². The summed E-state index contributed by atoms with van der Waals surface area (Å²) < 4.78 is 0. The summed E-state index contributed by atoms with van der Waals surface area (Å²) in [5.41, 5.74) is 17.2. The van der Waals surface area contributed by atoms with Gasteiger partial charge in [-0.2, -0.15) is 10.2 Å². The minimum absolute atomic E-state index is 0.272. The van der Waals surface area contributed by atoms with Crippen LogP contribution in [0.3, 0.4) is 0 Å². The maximum absolute atomic E-state index is 11.0. The third-order valence-corrected chi connectivity index (χ3v) is 3.71. The molecule has 0 bridgehead atoms. The lowest BCUT2D eigenvalue weighted by Crippen LogP contribution is -2.36. The van der Waals surface area contributed by atoms with Crippen molar-refractivity contribution in [2.24, 2.45) is 21.7 Å². The smallest absolute Gasteiger partial charge is 0.187 e. The van der Waals surface area contributed by atoms with Gasteiger partial charge in [0.15, 0.2) is 24.1 Å². The largest absolute Gasteiger partial charge is 0.379 e. The molecule has 0 aliphatic heterocycles. The summed E-state index contributed by atoms with van der Waals surface area (Å²) in [6.45, 7) is 0. The molecule has 146 valence electrons. The van der Waals surface area contributed by atoms with Crippen molar-refractivity contribution in [1.82, 2.24) is 10.9 Å². The normalized spacial score (nSPS) is 14.1. The quantitative estimate of drug-likeness (QED) is 0.118. The summed E-state index contributed by atoms with van der Waals surface area (Å²) in [5.74, 6) is -0.544. The summed E-state index contributed by atoms with van der Waals surface area (Å²) in [7, 11) is 0. The Balaban J connectivity index is 2.03. The topological polar surface area (TPSA) is 175 Å². The third-order valence-electron chi connectivity index (χ3n) is 3.71. The molecule has 0 aromatic heterocycles. The Morgan fingerprint density at radius 1 is 0.786 bits per heavy atom. The number of nitrogens with zero attached hydrogens (tertiary/aromatic N) is 2. The number of nitrogens with one attached hydrogen (secondary N) is 2. The number of hydrazone groups is 2. The third kappa shape index (κ3) is 5.13. The van der Waals surface area contributed by atoms with Gasteiger partial charge in [0, 0.05) is 22.3 Å². The Bertz CT molecular complexity index is 826. The van der Waals surface area contributed by atoms with Gasteiger partial charge in [0.25, 0.3) is 0 Å². The highest BCUT2D eigenvalue weighted by atomic mass is 16.3. The molecular weight excluding hydrogens is 364 g/mol. The van der Waals surface area contributed by atoms with E-state index in [0.717, 1.165) is 0 Å². The van der Waals surface area contributed by atoms with E-state index in [1.165, 1.54) is 0 Å². The highest BCUT2D eigenvalue weighted by Gasteiger charge is 2.12. The molecule has 0 aliphatic carbocycles. The lowest BCUT2D eigenvalue weighted by Gasteiger charge is -2.14. The molecule has 2 atom stereocenters. The van der Waals surface area contributed by atoms with Gasteiger partial charge in [0.1, 0.15) is 12.6 Å². The fraction of sp³-hybridized carbons (Fsp3) is 0.111. The van der Waals surface area contributed by atoms with E-state index in [4.69, 9.17) is 11.5 Å². The van der Waals surface area contributed by atoms with Crippen LogP contribution < -0.4 is 22.3 Å². The van der Waals surface area contributed by atoms with Crippen molar-refractivity contribution in [3.63, 3.8) is 0 Å². The molecule has 2 aromatic rings. The first-order valence-corrected chi connectivity index (χ1v) is 8.10. The van der Waals surface area contributed by atoms with Gasteiger partial charge >= 0.3 is 0 Å². The molecule has 0 radical (unpaired) electrons. The lowest BCUT2D eigenvalue weighted by molar-refractivity contribution is 0.110. The number of rotatable bonds is 8. The first kappa shape index (κ1) is 20.6. The second-order valence-corrected chi connectivity index (χ2v) is 5.55. The Labute approximate surface area is 160 Å². The van der Waals surface area contributed by atoms with E-state index >= 15 is 0 Å². The predicted octanol–water partition coefficient (Wildman–Crippen LogP) is -0.283. The summed E-state index contributed by atoms with van der Waals surface area (Å²) in [6, 6.07) is 12.8. The summed E-state index contributed by atoms with van der Waals surface area (Å²) in [4.78, 5) is 22.0. The molecule has 0 saturated heterocycles. The van der Waals surface area contributed by atoms with E-state index in [1.54, 1.807) is 48.5 Å². The van der Waals surface area contributed by atoms with Crippen LogP contribution in [0.5, 0.6) is 0 Å². The van der Waals surface area contributed by atoms with Crippen molar-refractivity contribution in [3.05, 3.63) is 70.8 Å². The van der Waals surface area contributed by atoms with E-state index in [1.807, 2.05) is 0 Å². The molecule has 0 spiro atoms. The van der Waals surface area contributed by atoms with E-state index in [0.29, 0.717) is 23.7 Å². The minimum atomic E-state index is -1.30. The minimum Gasteiger partial charge on any atom is -0.379 e. The SMILES string of the molecule is NC(=NNC(O)c1ccccc1C=O)C(N)=NNC(O)c1ccccc1C=O. The van der Waals surface area contributed by atoms with Crippen molar-refractivity contribution in [2.45, 2.75) is 12.5 Å². The number of benzene rings is 2. The maximum atomic E-state index is 11.0. The number of aliphatic hydroxyl groups is 2.